The Labute approximate surface area is 330 Å². The van der Waals surface area contributed by atoms with Gasteiger partial charge < -0.3 is 0 Å². The van der Waals surface area contributed by atoms with Crippen molar-refractivity contribution in [1.82, 2.24) is 0 Å². The van der Waals surface area contributed by atoms with E-state index in [2.05, 4.69) is 72.7 Å². The van der Waals surface area contributed by atoms with Gasteiger partial charge in [-0.1, -0.05) is 6.92 Å². The first-order chi connectivity index (χ1) is 25.4. The number of benzene rings is 1. The van der Waals surface area contributed by atoms with E-state index in [0.717, 1.165) is 88.8 Å². The van der Waals surface area contributed by atoms with Crippen LogP contribution in [-0.2, 0) is 29.0 Å². The van der Waals surface area contributed by atoms with E-state index in [-0.39, 0.29) is 30.0 Å². The first kappa shape index (κ1) is 50.9. The van der Waals surface area contributed by atoms with Crippen molar-refractivity contribution in [3.05, 3.63) is 29.8 Å². The normalized spacial score (nSPS) is 15.2. The van der Waals surface area contributed by atoms with Gasteiger partial charge in [0.2, 0.25) is 0 Å². The van der Waals surface area contributed by atoms with Gasteiger partial charge in [0.15, 0.2) is 0 Å². The molecule has 0 amide bonds. The molecule has 0 aromatic heterocycles. The number of hydrogen-bond donors (Lipinski definition) is 1. The molecular formula is C45H89O6P2+. The molecule has 1 aromatic rings. The second-order valence-corrected chi connectivity index (χ2v) is 24.3. The Morgan fingerprint density at radius 2 is 0.868 bits per heavy atom. The Morgan fingerprint density at radius 3 is 1.21 bits per heavy atom. The van der Waals surface area contributed by atoms with E-state index in [9.17, 15) is 4.89 Å². The summed E-state index contributed by atoms with van der Waals surface area (Å²) in [5, 5.41) is 0.762. The number of hydrogen-bond acceptors (Lipinski definition) is 6. The Bertz CT molecular complexity index is 956. The summed E-state index contributed by atoms with van der Waals surface area (Å²) in [5.41, 5.74) is 1.29. The topological polar surface area (TPSA) is 66.4 Å². The fourth-order valence-electron chi connectivity index (χ4n) is 7.04. The number of rotatable bonds is 35. The molecule has 1 N–H and O–H groups in total. The fourth-order valence-corrected chi connectivity index (χ4v) is 17.3. The van der Waals surface area contributed by atoms with Gasteiger partial charge in [-0.15, -0.1) is 0 Å². The van der Waals surface area contributed by atoms with E-state index in [1.54, 1.807) is 0 Å². The molecule has 0 spiro atoms. The zero-order valence-corrected chi connectivity index (χ0v) is 38.6. The molecule has 0 heterocycles. The summed E-state index contributed by atoms with van der Waals surface area (Å²) < 4.78 is 36.2. The van der Waals surface area contributed by atoms with E-state index in [0.29, 0.717) is 19.8 Å². The van der Waals surface area contributed by atoms with Gasteiger partial charge in [-0.2, -0.15) is 0 Å². The molecule has 0 saturated carbocycles. The Morgan fingerprint density at radius 1 is 0.509 bits per heavy atom. The maximum atomic E-state index is 13.5. The van der Waals surface area contributed by atoms with E-state index < -0.39 is 14.6 Å². The number of unbranched alkanes of at least 4 members (excludes halogenated alkanes) is 9. The van der Waals surface area contributed by atoms with Crippen molar-refractivity contribution >= 4 is 19.9 Å². The molecule has 0 aliphatic rings. The third-order valence-corrected chi connectivity index (χ3v) is 21.0. The zero-order valence-electron chi connectivity index (χ0n) is 36.8. The zero-order chi connectivity index (χ0) is 39.6. The third kappa shape index (κ3) is 16.7. The van der Waals surface area contributed by atoms with Crippen LogP contribution in [0.4, 0.5) is 0 Å². The fraction of sp³-hybridized carbons (Fsp3) is 0.867. The van der Waals surface area contributed by atoms with Gasteiger partial charge in [-0.3, -0.25) is 0 Å². The number of aryl methyl sites for hydroxylation is 1. The monoisotopic (exact) mass is 788 g/mol. The van der Waals surface area contributed by atoms with Gasteiger partial charge in [0.25, 0.3) is 0 Å². The van der Waals surface area contributed by atoms with Gasteiger partial charge in [0.1, 0.15) is 0 Å². The van der Waals surface area contributed by atoms with Crippen molar-refractivity contribution in [2.24, 2.45) is 17.8 Å². The van der Waals surface area contributed by atoms with Gasteiger partial charge >= 0.3 is 325 Å². The van der Waals surface area contributed by atoms with Crippen molar-refractivity contribution < 1.29 is 27.5 Å². The molecule has 1 aromatic carbocycles. The molecule has 0 aliphatic heterocycles. The van der Waals surface area contributed by atoms with Crippen LogP contribution < -0.4 is 5.30 Å². The minimum absolute atomic E-state index is 0.288. The third-order valence-electron chi connectivity index (χ3n) is 10.8. The summed E-state index contributed by atoms with van der Waals surface area (Å²) in [6.07, 6.45) is 22.2. The molecule has 3 unspecified atom stereocenters. The predicted molar refractivity (Wildman–Crippen MR) is 234 cm³/mol. The van der Waals surface area contributed by atoms with Crippen LogP contribution in [0.3, 0.4) is 0 Å². The molecule has 314 valence electrons. The quantitative estimate of drug-likeness (QED) is 0.0546. The molecular weight excluding hydrogens is 698 g/mol. The van der Waals surface area contributed by atoms with Crippen LogP contribution in [0.5, 0.6) is 0 Å². The standard InChI is InChI=1S/C45H89O6P2/c1-12-19-23-24-25-26-27-31-44-32-34-45(35-33-44)53(47-36-41(16-5)28-20-13-2,48-37-42(17-6)29-21-14-3,49-38-43(18-7)30-22-15-4)52(46,50-39(8)9)51-40(10)11/h32-35,39-43,46H,12-31,36-38H2,1-11H3/q+1. The molecule has 6 nitrogen and oxygen atoms in total. The second-order valence-electron chi connectivity index (χ2n) is 16.3. The molecule has 0 saturated heterocycles. The molecule has 1 rings (SSSR count). The van der Waals surface area contributed by atoms with Gasteiger partial charge in [-0.05, 0) is 0 Å². The van der Waals surface area contributed by atoms with Crippen molar-refractivity contribution in [2.45, 2.75) is 217 Å². The molecule has 0 fully saturated rings. The summed E-state index contributed by atoms with van der Waals surface area (Å²) in [6, 6.07) is 8.71. The van der Waals surface area contributed by atoms with E-state index in [4.69, 9.17) is 22.6 Å². The molecule has 53 heavy (non-hydrogen) atoms. The van der Waals surface area contributed by atoms with Crippen LogP contribution in [0.25, 0.3) is 0 Å². The molecule has 3 atom stereocenters. The van der Waals surface area contributed by atoms with Crippen LogP contribution in [0.2, 0.25) is 0 Å². The first-order valence-corrected chi connectivity index (χ1v) is 26.8. The summed E-state index contributed by atoms with van der Waals surface area (Å²) in [5.74, 6) is 0.864. The van der Waals surface area contributed by atoms with E-state index in [1.807, 2.05) is 27.7 Å². The molecule has 8 heteroatoms. The van der Waals surface area contributed by atoms with Crippen molar-refractivity contribution in [3.8, 4) is 0 Å². The molecule has 0 radical (unpaired) electrons. The van der Waals surface area contributed by atoms with Crippen molar-refractivity contribution in [2.75, 3.05) is 19.8 Å². The van der Waals surface area contributed by atoms with Crippen LogP contribution >= 0.6 is 14.6 Å². The Kier molecular flexibility index (Phi) is 27.1. The summed E-state index contributed by atoms with van der Waals surface area (Å²) >= 11 is 0. The van der Waals surface area contributed by atoms with E-state index in [1.165, 1.54) is 50.5 Å². The van der Waals surface area contributed by atoms with Crippen LogP contribution in [-0.4, -0.2) is 36.9 Å². The maximum absolute atomic E-state index is 13.5. The van der Waals surface area contributed by atoms with E-state index >= 15 is 0 Å². The summed E-state index contributed by atoms with van der Waals surface area (Å²) in [7, 11) is -4.04. The van der Waals surface area contributed by atoms with Gasteiger partial charge in [0, 0.05) is 0 Å². The Balaban J connectivity index is 4.09. The first-order valence-electron chi connectivity index (χ1n) is 22.5. The second kappa shape index (κ2) is 28.3. The van der Waals surface area contributed by atoms with Crippen LogP contribution in [0.15, 0.2) is 24.3 Å². The predicted octanol–water partition coefficient (Wildman–Crippen LogP) is 15.1. The van der Waals surface area contributed by atoms with Crippen molar-refractivity contribution in [3.63, 3.8) is 0 Å². The summed E-state index contributed by atoms with van der Waals surface area (Å²) in [6.45, 7) is 20.0. The molecule has 0 aliphatic carbocycles. The Hall–Kier alpha value is -0.160. The SMILES string of the molecule is CCCCCCCCCc1ccc(P(OCC(CC)CCCC)(OCC(CC)CCCC)(OCC(CC)CCCC)[P+](O)(OC(C)C)OC(C)C)cc1. The van der Waals surface area contributed by atoms with Gasteiger partial charge in [0.05, 0.1) is 0 Å². The summed E-state index contributed by atoms with van der Waals surface area (Å²) in [4.78, 5) is 13.5. The van der Waals surface area contributed by atoms with Crippen LogP contribution in [0.1, 0.15) is 204 Å². The average Bonchev–Trinajstić information content (AvgIpc) is 3.13. The van der Waals surface area contributed by atoms with Crippen molar-refractivity contribution in [1.29, 1.82) is 0 Å². The molecule has 0 bridgehead atoms. The van der Waals surface area contributed by atoms with Gasteiger partial charge in [-0.25, -0.2) is 0 Å². The van der Waals surface area contributed by atoms with Crippen LogP contribution in [0, 0.1) is 17.8 Å². The average molecular weight is 788 g/mol. The minimum atomic E-state index is -4.86.